The molecule has 2 aromatic rings. The van der Waals surface area contributed by atoms with Crippen LogP contribution >= 0.6 is 0 Å². The van der Waals surface area contributed by atoms with Crippen molar-refractivity contribution < 1.29 is 9.59 Å². The van der Waals surface area contributed by atoms with E-state index in [9.17, 15) is 9.59 Å². The van der Waals surface area contributed by atoms with Crippen LogP contribution in [0.4, 0.5) is 11.5 Å². The van der Waals surface area contributed by atoms with Crippen molar-refractivity contribution >= 4 is 23.3 Å². The van der Waals surface area contributed by atoms with Crippen molar-refractivity contribution in [3.05, 3.63) is 53.7 Å². The number of unbranched alkanes of at least 4 members (excludes halogenated alkanes) is 1. The highest BCUT2D eigenvalue weighted by atomic mass is 16.2. The number of carbonyl (C=O) groups is 2. The fraction of sp³-hybridized carbons (Fsp3) is 0.435. The van der Waals surface area contributed by atoms with Crippen molar-refractivity contribution in [3.63, 3.8) is 0 Å². The fourth-order valence-corrected chi connectivity index (χ4v) is 3.65. The Labute approximate surface area is 172 Å². The molecule has 2 amide bonds. The molecule has 6 heteroatoms. The van der Waals surface area contributed by atoms with Crippen molar-refractivity contribution in [1.29, 1.82) is 0 Å². The van der Waals surface area contributed by atoms with E-state index in [0.717, 1.165) is 36.3 Å². The monoisotopic (exact) mass is 394 g/mol. The number of nitrogens with zero attached hydrogens (tertiary/aromatic N) is 3. The Bertz CT molecular complexity index is 848. The molecule has 2 heterocycles. The average molecular weight is 395 g/mol. The van der Waals surface area contributed by atoms with E-state index in [1.165, 1.54) is 5.56 Å². The minimum atomic E-state index is -0.332. The molecule has 1 aromatic heterocycles. The molecule has 29 heavy (non-hydrogen) atoms. The lowest BCUT2D eigenvalue weighted by atomic mass is 10.1. The third kappa shape index (κ3) is 5.13. The third-order valence-corrected chi connectivity index (χ3v) is 5.31. The van der Waals surface area contributed by atoms with Crippen LogP contribution in [0.25, 0.3) is 0 Å². The molecule has 1 unspecified atom stereocenters. The second-order valence-electron chi connectivity index (χ2n) is 7.77. The largest absolute Gasteiger partial charge is 0.362 e. The first-order valence-electron chi connectivity index (χ1n) is 10.3. The summed E-state index contributed by atoms with van der Waals surface area (Å²) in [4.78, 5) is 33.2. The summed E-state index contributed by atoms with van der Waals surface area (Å²) in [5.41, 5.74) is 3.10. The van der Waals surface area contributed by atoms with E-state index < -0.39 is 0 Å². The molecule has 154 valence electrons. The number of aromatic nitrogens is 1. The lowest BCUT2D eigenvalue weighted by Crippen LogP contribution is -2.33. The summed E-state index contributed by atoms with van der Waals surface area (Å²) in [5, 5.41) is 2.98. The van der Waals surface area contributed by atoms with Crippen LogP contribution in [0.3, 0.4) is 0 Å². The highest BCUT2D eigenvalue weighted by Gasteiger charge is 2.35. The minimum absolute atomic E-state index is 0.00168. The van der Waals surface area contributed by atoms with E-state index in [1.54, 1.807) is 11.1 Å². The summed E-state index contributed by atoms with van der Waals surface area (Å²) in [5.74, 6) is 0.414. The number of benzene rings is 1. The zero-order valence-electron chi connectivity index (χ0n) is 17.5. The maximum absolute atomic E-state index is 12.7. The van der Waals surface area contributed by atoms with Gasteiger partial charge >= 0.3 is 0 Å². The van der Waals surface area contributed by atoms with E-state index in [1.807, 2.05) is 43.3 Å². The van der Waals surface area contributed by atoms with Gasteiger partial charge in [0.25, 0.3) is 0 Å². The van der Waals surface area contributed by atoms with Gasteiger partial charge < -0.3 is 15.1 Å². The zero-order chi connectivity index (χ0) is 20.8. The maximum Gasteiger partial charge on any atom is 0.227 e. The molecule has 3 rings (SSSR count). The van der Waals surface area contributed by atoms with E-state index >= 15 is 0 Å². The second-order valence-corrected chi connectivity index (χ2v) is 7.77. The molecule has 1 N–H and O–H groups in total. The number of carbonyl (C=O) groups excluding carboxylic acids is 2. The molecule has 1 saturated heterocycles. The summed E-state index contributed by atoms with van der Waals surface area (Å²) >= 11 is 0. The zero-order valence-corrected chi connectivity index (χ0v) is 17.5. The summed E-state index contributed by atoms with van der Waals surface area (Å²) < 4.78 is 0. The number of nitrogens with one attached hydrogen (secondary N) is 1. The Kier molecular flexibility index (Phi) is 6.86. The molecule has 0 saturated carbocycles. The van der Waals surface area contributed by atoms with Gasteiger partial charge in [-0.25, -0.2) is 4.98 Å². The van der Waals surface area contributed by atoms with Crippen molar-refractivity contribution in [2.75, 3.05) is 30.4 Å². The summed E-state index contributed by atoms with van der Waals surface area (Å²) in [6, 6.07) is 12.0. The summed E-state index contributed by atoms with van der Waals surface area (Å²) in [7, 11) is 3.85. The molecule has 1 aliphatic heterocycles. The van der Waals surface area contributed by atoms with Gasteiger partial charge in [-0.2, -0.15) is 0 Å². The molecule has 0 radical (unpaired) electrons. The average Bonchev–Trinajstić information content (AvgIpc) is 3.12. The van der Waals surface area contributed by atoms with Crippen LogP contribution < -0.4 is 15.1 Å². The lowest BCUT2D eigenvalue weighted by Gasteiger charge is -2.18. The quantitative estimate of drug-likeness (QED) is 0.747. The Morgan fingerprint density at radius 1 is 1.24 bits per heavy atom. The molecule has 1 aliphatic rings. The Hall–Kier alpha value is -2.89. The number of aryl methyl sites for hydroxylation is 1. The van der Waals surface area contributed by atoms with Gasteiger partial charge in [0.2, 0.25) is 11.8 Å². The van der Waals surface area contributed by atoms with E-state index in [0.29, 0.717) is 13.1 Å². The van der Waals surface area contributed by atoms with Crippen LogP contribution in [0, 0.1) is 5.92 Å². The highest BCUT2D eigenvalue weighted by Crippen LogP contribution is 2.26. The Morgan fingerprint density at radius 3 is 2.69 bits per heavy atom. The number of hydrogen-bond acceptors (Lipinski definition) is 4. The van der Waals surface area contributed by atoms with Gasteiger partial charge in [-0.1, -0.05) is 31.5 Å². The van der Waals surface area contributed by atoms with E-state index in [2.05, 4.69) is 29.4 Å². The smallest absolute Gasteiger partial charge is 0.227 e. The normalized spacial score (nSPS) is 16.2. The fourth-order valence-electron chi connectivity index (χ4n) is 3.65. The Morgan fingerprint density at radius 2 is 2.00 bits per heavy atom. The van der Waals surface area contributed by atoms with Crippen LogP contribution in [0.1, 0.15) is 37.3 Å². The first-order chi connectivity index (χ1) is 14.0. The summed E-state index contributed by atoms with van der Waals surface area (Å²) in [6.45, 7) is 3.00. The number of hydrogen-bond donors (Lipinski definition) is 1. The van der Waals surface area contributed by atoms with Gasteiger partial charge in [0.1, 0.15) is 5.82 Å². The number of anilines is 2. The van der Waals surface area contributed by atoms with Crippen molar-refractivity contribution in [3.8, 4) is 0 Å². The molecule has 0 spiro atoms. The molecule has 6 nitrogen and oxygen atoms in total. The first-order valence-corrected chi connectivity index (χ1v) is 10.3. The van der Waals surface area contributed by atoms with E-state index in [-0.39, 0.29) is 24.2 Å². The summed E-state index contributed by atoms with van der Waals surface area (Å²) in [6.07, 6.45) is 5.37. The lowest BCUT2D eigenvalue weighted by molar-refractivity contribution is -0.126. The molecular formula is C23H30N4O2. The molecule has 1 atom stereocenters. The van der Waals surface area contributed by atoms with E-state index in [4.69, 9.17) is 0 Å². The molecular weight excluding hydrogens is 364 g/mol. The predicted octanol–water partition coefficient (Wildman–Crippen LogP) is 3.16. The molecule has 0 bridgehead atoms. The molecule has 0 aliphatic carbocycles. The Balaban J connectivity index is 1.59. The minimum Gasteiger partial charge on any atom is -0.362 e. The van der Waals surface area contributed by atoms with Gasteiger partial charge in [0.05, 0.1) is 5.92 Å². The number of pyridine rings is 1. The van der Waals surface area contributed by atoms with Crippen LogP contribution in [0.2, 0.25) is 0 Å². The second kappa shape index (κ2) is 9.54. The number of amides is 2. The first kappa shape index (κ1) is 20.8. The molecule has 1 fully saturated rings. The SMILES string of the molecule is CCCCc1ccc(N2CC(C(=O)NCc3cccnc3N(C)C)CC2=O)cc1. The standard InChI is InChI=1S/C23H30N4O2/c1-4-5-7-17-9-11-20(12-10-17)27-16-19(14-21(27)28)23(29)25-15-18-8-6-13-24-22(18)26(2)3/h6,8-13,19H,4-5,7,14-16H2,1-3H3,(H,25,29). The van der Waals surface area contributed by atoms with Gasteiger partial charge in [-0.15, -0.1) is 0 Å². The van der Waals surface area contributed by atoms with Gasteiger partial charge in [-0.3, -0.25) is 9.59 Å². The highest BCUT2D eigenvalue weighted by molar-refractivity contribution is 6.00. The van der Waals surface area contributed by atoms with Crippen LogP contribution in [-0.2, 0) is 22.6 Å². The van der Waals surface area contributed by atoms with Crippen molar-refractivity contribution in [1.82, 2.24) is 10.3 Å². The van der Waals surface area contributed by atoms with Gasteiger partial charge in [0.15, 0.2) is 0 Å². The van der Waals surface area contributed by atoms with Gasteiger partial charge in [-0.05, 0) is 36.6 Å². The van der Waals surface area contributed by atoms with Crippen LogP contribution in [0.5, 0.6) is 0 Å². The third-order valence-electron chi connectivity index (χ3n) is 5.31. The van der Waals surface area contributed by atoms with Crippen LogP contribution in [0.15, 0.2) is 42.6 Å². The van der Waals surface area contributed by atoms with Crippen LogP contribution in [-0.4, -0.2) is 37.4 Å². The maximum atomic E-state index is 12.7. The molecule has 1 aromatic carbocycles. The predicted molar refractivity (Wildman–Crippen MR) is 116 cm³/mol. The van der Waals surface area contributed by atoms with Crippen molar-refractivity contribution in [2.24, 2.45) is 5.92 Å². The number of rotatable bonds is 8. The topological polar surface area (TPSA) is 65.5 Å². The van der Waals surface area contributed by atoms with Gasteiger partial charge in [0, 0.05) is 51.1 Å². The van der Waals surface area contributed by atoms with Crippen molar-refractivity contribution in [2.45, 2.75) is 39.2 Å².